The Labute approximate surface area is 118 Å². The van der Waals surface area contributed by atoms with Crippen LogP contribution in [0.5, 0.6) is 0 Å². The van der Waals surface area contributed by atoms with Crippen molar-refractivity contribution in [1.29, 1.82) is 0 Å². The minimum absolute atomic E-state index is 0.0195. The van der Waals surface area contributed by atoms with Gasteiger partial charge in [-0.25, -0.2) is 9.97 Å². The standard InChI is InChI=1S/C12H14N4O5/c13-10-7-5(18)1-2-16(11(7)15-4-14-10)12-9(20)8(19)6(3-17)21-12/h1-2,4,6,8-9,12,17,19-20H,3H2,(H2,13,14,15)/t6-,8-,9-,12-/m0/s1. The van der Waals surface area contributed by atoms with Crippen molar-refractivity contribution in [3.05, 3.63) is 28.8 Å². The molecule has 21 heavy (non-hydrogen) atoms. The number of fused-ring (bicyclic) bond motifs is 1. The van der Waals surface area contributed by atoms with Crippen molar-refractivity contribution in [3.63, 3.8) is 0 Å². The van der Waals surface area contributed by atoms with E-state index in [0.717, 1.165) is 0 Å². The summed E-state index contributed by atoms with van der Waals surface area (Å²) < 4.78 is 6.81. The molecule has 0 radical (unpaired) electrons. The van der Waals surface area contributed by atoms with Crippen LogP contribution in [-0.2, 0) is 4.74 Å². The summed E-state index contributed by atoms with van der Waals surface area (Å²) in [5.41, 5.74) is 5.51. The molecule has 112 valence electrons. The van der Waals surface area contributed by atoms with E-state index >= 15 is 0 Å². The molecule has 0 spiro atoms. The molecule has 0 bridgehead atoms. The average Bonchev–Trinajstić information content (AvgIpc) is 2.76. The van der Waals surface area contributed by atoms with Crippen LogP contribution in [0.2, 0.25) is 0 Å². The number of hydrogen-bond acceptors (Lipinski definition) is 8. The minimum atomic E-state index is -1.27. The lowest BCUT2D eigenvalue weighted by molar-refractivity contribution is -0.0511. The summed E-state index contributed by atoms with van der Waals surface area (Å²) in [5.74, 6) is 0.0195. The maximum atomic E-state index is 11.9. The highest BCUT2D eigenvalue weighted by Gasteiger charge is 2.43. The van der Waals surface area contributed by atoms with Crippen molar-refractivity contribution >= 4 is 16.9 Å². The molecule has 1 saturated heterocycles. The van der Waals surface area contributed by atoms with Gasteiger partial charge in [-0.05, 0) is 0 Å². The first-order chi connectivity index (χ1) is 10.0. The van der Waals surface area contributed by atoms with E-state index in [4.69, 9.17) is 15.6 Å². The molecule has 0 unspecified atom stereocenters. The Bertz CT molecular complexity index is 733. The van der Waals surface area contributed by atoms with E-state index < -0.39 is 31.1 Å². The number of nitrogens with two attached hydrogens (primary N) is 1. The van der Waals surface area contributed by atoms with E-state index in [-0.39, 0.29) is 22.3 Å². The van der Waals surface area contributed by atoms with Gasteiger partial charge in [0.2, 0.25) is 0 Å². The topological polar surface area (TPSA) is 144 Å². The third-order valence-corrected chi connectivity index (χ3v) is 3.53. The van der Waals surface area contributed by atoms with Crippen LogP contribution in [0.1, 0.15) is 6.23 Å². The lowest BCUT2D eigenvalue weighted by Gasteiger charge is -2.20. The highest BCUT2D eigenvalue weighted by Crippen LogP contribution is 2.30. The molecule has 2 aromatic heterocycles. The number of nitrogen functional groups attached to an aromatic ring is 1. The number of pyridine rings is 1. The lowest BCUT2D eigenvalue weighted by atomic mass is 10.1. The third kappa shape index (κ3) is 2.07. The van der Waals surface area contributed by atoms with Gasteiger partial charge in [-0.15, -0.1) is 0 Å². The molecule has 0 amide bonds. The fourth-order valence-corrected chi connectivity index (χ4v) is 2.44. The van der Waals surface area contributed by atoms with Gasteiger partial charge in [-0.3, -0.25) is 4.79 Å². The SMILES string of the molecule is Nc1ncnc2c1c(=O)ccn2[C@H]1O[C@@H](CO)[C@H](O)[C@@H]1O. The maximum absolute atomic E-state index is 11.9. The second kappa shape index (κ2) is 5.04. The molecule has 1 aliphatic heterocycles. The number of ether oxygens (including phenoxy) is 1. The van der Waals surface area contributed by atoms with Crippen molar-refractivity contribution < 1.29 is 20.1 Å². The van der Waals surface area contributed by atoms with Crippen molar-refractivity contribution in [3.8, 4) is 0 Å². The summed E-state index contributed by atoms with van der Waals surface area (Å²) in [7, 11) is 0. The Morgan fingerprint density at radius 2 is 2.10 bits per heavy atom. The number of aromatic nitrogens is 3. The lowest BCUT2D eigenvalue weighted by Crippen LogP contribution is -2.33. The van der Waals surface area contributed by atoms with Gasteiger partial charge in [0.15, 0.2) is 17.3 Å². The summed E-state index contributed by atoms with van der Waals surface area (Å²) in [6.45, 7) is -0.440. The Balaban J connectivity index is 2.16. The van der Waals surface area contributed by atoms with Crippen LogP contribution in [0.3, 0.4) is 0 Å². The average molecular weight is 294 g/mol. The minimum Gasteiger partial charge on any atom is -0.394 e. The fraction of sp³-hybridized carbons (Fsp3) is 0.417. The molecule has 9 nitrogen and oxygen atoms in total. The first-order valence-corrected chi connectivity index (χ1v) is 6.28. The van der Waals surface area contributed by atoms with Gasteiger partial charge in [0.05, 0.1) is 6.61 Å². The summed E-state index contributed by atoms with van der Waals surface area (Å²) >= 11 is 0. The van der Waals surface area contributed by atoms with E-state index in [9.17, 15) is 15.0 Å². The van der Waals surface area contributed by atoms with Gasteiger partial charge >= 0.3 is 0 Å². The van der Waals surface area contributed by atoms with E-state index in [1.54, 1.807) is 0 Å². The number of aliphatic hydroxyl groups is 3. The smallest absolute Gasteiger partial charge is 0.194 e. The predicted molar refractivity (Wildman–Crippen MR) is 71.2 cm³/mol. The molecule has 4 atom stereocenters. The molecular weight excluding hydrogens is 280 g/mol. The Morgan fingerprint density at radius 3 is 2.76 bits per heavy atom. The number of aliphatic hydroxyl groups excluding tert-OH is 3. The third-order valence-electron chi connectivity index (χ3n) is 3.53. The second-order valence-corrected chi connectivity index (χ2v) is 4.77. The largest absolute Gasteiger partial charge is 0.394 e. The zero-order valence-corrected chi connectivity index (χ0v) is 10.8. The normalized spacial score (nSPS) is 29.1. The Kier molecular flexibility index (Phi) is 3.33. The monoisotopic (exact) mass is 294 g/mol. The Hall–Kier alpha value is -2.07. The van der Waals surface area contributed by atoms with Crippen LogP contribution in [0.15, 0.2) is 23.4 Å². The van der Waals surface area contributed by atoms with E-state index in [1.165, 1.54) is 23.2 Å². The quantitative estimate of drug-likeness (QED) is 0.497. The van der Waals surface area contributed by atoms with Crippen LogP contribution in [0.25, 0.3) is 11.0 Å². The maximum Gasteiger partial charge on any atom is 0.194 e. The molecule has 5 N–H and O–H groups in total. The molecular formula is C12H14N4O5. The van der Waals surface area contributed by atoms with Gasteiger partial charge in [0.25, 0.3) is 0 Å². The van der Waals surface area contributed by atoms with Gasteiger partial charge in [0.1, 0.15) is 35.8 Å². The Morgan fingerprint density at radius 1 is 1.33 bits per heavy atom. The van der Waals surface area contributed by atoms with Gasteiger partial charge in [-0.2, -0.15) is 0 Å². The van der Waals surface area contributed by atoms with E-state index in [1.807, 2.05) is 0 Å². The highest BCUT2D eigenvalue weighted by molar-refractivity contribution is 5.84. The van der Waals surface area contributed by atoms with Crippen molar-refractivity contribution in [2.75, 3.05) is 12.3 Å². The molecule has 0 saturated carbocycles. The molecule has 3 heterocycles. The second-order valence-electron chi connectivity index (χ2n) is 4.77. The van der Waals surface area contributed by atoms with Crippen LogP contribution in [-0.4, -0.2) is 54.8 Å². The first kappa shape index (κ1) is 13.9. The highest BCUT2D eigenvalue weighted by atomic mass is 16.6. The van der Waals surface area contributed by atoms with Crippen molar-refractivity contribution in [1.82, 2.24) is 14.5 Å². The van der Waals surface area contributed by atoms with Crippen molar-refractivity contribution in [2.45, 2.75) is 24.5 Å². The molecule has 1 fully saturated rings. The van der Waals surface area contributed by atoms with E-state index in [0.29, 0.717) is 0 Å². The van der Waals surface area contributed by atoms with Crippen LogP contribution < -0.4 is 11.2 Å². The number of rotatable bonds is 2. The molecule has 0 aromatic carbocycles. The van der Waals surface area contributed by atoms with Crippen LogP contribution in [0.4, 0.5) is 5.82 Å². The summed E-state index contributed by atoms with van der Waals surface area (Å²) in [6, 6.07) is 1.25. The molecule has 9 heteroatoms. The molecule has 3 rings (SSSR count). The van der Waals surface area contributed by atoms with Crippen LogP contribution >= 0.6 is 0 Å². The van der Waals surface area contributed by atoms with Gasteiger partial charge in [-0.1, -0.05) is 0 Å². The van der Waals surface area contributed by atoms with Crippen molar-refractivity contribution in [2.24, 2.45) is 0 Å². The van der Waals surface area contributed by atoms with Gasteiger partial charge in [0, 0.05) is 12.3 Å². The number of nitrogens with zero attached hydrogens (tertiary/aromatic N) is 3. The summed E-state index contributed by atoms with van der Waals surface area (Å²) in [6.07, 6.45) is -1.85. The zero-order chi connectivity index (χ0) is 15.1. The molecule has 0 aliphatic carbocycles. The molecule has 2 aromatic rings. The van der Waals surface area contributed by atoms with Gasteiger partial charge < -0.3 is 30.4 Å². The fourth-order valence-electron chi connectivity index (χ4n) is 2.44. The summed E-state index contributed by atoms with van der Waals surface area (Å²) in [4.78, 5) is 19.6. The van der Waals surface area contributed by atoms with Crippen LogP contribution in [0, 0.1) is 0 Å². The zero-order valence-electron chi connectivity index (χ0n) is 10.8. The predicted octanol–water partition coefficient (Wildman–Crippen LogP) is -2.01. The number of anilines is 1. The molecule has 1 aliphatic rings. The summed E-state index contributed by atoms with van der Waals surface area (Å²) in [5, 5.41) is 29.1. The first-order valence-electron chi connectivity index (χ1n) is 6.28. The number of hydrogen-bond donors (Lipinski definition) is 4. The van der Waals surface area contributed by atoms with E-state index in [2.05, 4.69) is 9.97 Å².